The van der Waals surface area contributed by atoms with Crippen LogP contribution in [0, 0.1) is 11.3 Å². The van der Waals surface area contributed by atoms with Crippen molar-refractivity contribution in [1.82, 2.24) is 0 Å². The molecule has 1 saturated carbocycles. The van der Waals surface area contributed by atoms with E-state index in [2.05, 4.69) is 40.3 Å². The average molecular weight is 234 g/mol. The quantitative estimate of drug-likeness (QED) is 0.481. The maximum Gasteiger partial charge on any atom is -0.0114 e. The van der Waals surface area contributed by atoms with Gasteiger partial charge < -0.3 is 0 Å². The van der Waals surface area contributed by atoms with E-state index in [-0.39, 0.29) is 0 Å². The molecule has 0 saturated heterocycles. The van der Waals surface area contributed by atoms with Crippen LogP contribution in [0.25, 0.3) is 0 Å². The highest BCUT2D eigenvalue weighted by Gasteiger charge is 2.35. The molecule has 0 N–H and O–H groups in total. The Labute approximate surface area is 108 Å². The van der Waals surface area contributed by atoms with E-state index in [0.29, 0.717) is 5.41 Å². The van der Waals surface area contributed by atoms with Crippen molar-refractivity contribution in [3.8, 4) is 0 Å². The van der Waals surface area contributed by atoms with Gasteiger partial charge in [0.2, 0.25) is 0 Å². The van der Waals surface area contributed by atoms with Crippen LogP contribution in [-0.2, 0) is 0 Å². The molecule has 0 aromatic heterocycles. The van der Waals surface area contributed by atoms with Gasteiger partial charge in [-0.2, -0.15) is 0 Å². The minimum absolute atomic E-state index is 0.556. The molecule has 1 fully saturated rings. The smallest absolute Gasteiger partial charge is 0.0114 e. The lowest BCUT2D eigenvalue weighted by Crippen LogP contribution is -2.28. The Morgan fingerprint density at radius 2 is 2.06 bits per heavy atom. The maximum atomic E-state index is 3.83. The summed E-state index contributed by atoms with van der Waals surface area (Å²) < 4.78 is 0. The van der Waals surface area contributed by atoms with Crippen LogP contribution in [0.1, 0.15) is 72.6 Å². The van der Waals surface area contributed by atoms with Crippen LogP contribution in [0.4, 0.5) is 0 Å². The normalized spacial score (nSPS) is 21.4. The molecular weight excluding hydrogens is 204 g/mol. The fourth-order valence-corrected chi connectivity index (χ4v) is 3.27. The molecule has 98 valence electrons. The van der Waals surface area contributed by atoms with E-state index < -0.39 is 0 Å². The van der Waals surface area contributed by atoms with Crippen LogP contribution in [0.2, 0.25) is 0 Å². The van der Waals surface area contributed by atoms with Crippen molar-refractivity contribution < 1.29 is 0 Å². The second kappa shape index (κ2) is 6.42. The van der Waals surface area contributed by atoms with Crippen molar-refractivity contribution in [2.24, 2.45) is 11.3 Å². The molecule has 0 heteroatoms. The van der Waals surface area contributed by atoms with Gasteiger partial charge in [-0.1, -0.05) is 44.4 Å². The fraction of sp³-hybridized carbons (Fsp3) is 0.765. The zero-order valence-corrected chi connectivity index (χ0v) is 12.3. The highest BCUT2D eigenvalue weighted by atomic mass is 14.4. The van der Waals surface area contributed by atoms with E-state index in [1.807, 2.05) is 0 Å². The third-order valence-electron chi connectivity index (χ3n) is 4.64. The first-order chi connectivity index (χ1) is 8.03. The first-order valence-electron chi connectivity index (χ1n) is 7.33. The van der Waals surface area contributed by atoms with Gasteiger partial charge in [0, 0.05) is 0 Å². The number of hydrogen-bond donors (Lipinski definition) is 0. The van der Waals surface area contributed by atoms with Gasteiger partial charge >= 0.3 is 0 Å². The van der Waals surface area contributed by atoms with Crippen LogP contribution in [-0.4, -0.2) is 0 Å². The molecule has 0 spiro atoms. The molecule has 0 heterocycles. The minimum Gasteiger partial charge on any atom is -0.103 e. The number of allylic oxidation sites excluding steroid dienone is 3. The molecule has 0 bridgehead atoms. The summed E-state index contributed by atoms with van der Waals surface area (Å²) in [4.78, 5) is 0. The van der Waals surface area contributed by atoms with E-state index in [1.54, 1.807) is 11.1 Å². The monoisotopic (exact) mass is 234 g/mol. The second-order valence-electron chi connectivity index (χ2n) is 6.19. The highest BCUT2D eigenvalue weighted by Crippen LogP contribution is 2.49. The molecule has 0 aromatic carbocycles. The molecule has 1 rings (SSSR count). The third-order valence-corrected chi connectivity index (χ3v) is 4.64. The standard InChI is InChI=1S/C17H30/c1-6-9-14(3)10-11-15(4)16(7-2)17(5)12-8-13-17/h6,14H,1,7-13H2,2-5H3. The fourth-order valence-electron chi connectivity index (χ4n) is 3.27. The lowest BCUT2D eigenvalue weighted by Gasteiger charge is -2.42. The summed E-state index contributed by atoms with van der Waals surface area (Å²) in [6, 6.07) is 0. The van der Waals surface area contributed by atoms with Gasteiger partial charge in [0.25, 0.3) is 0 Å². The van der Waals surface area contributed by atoms with Crippen molar-refractivity contribution >= 4 is 0 Å². The molecule has 1 aliphatic carbocycles. The Balaban J connectivity index is 2.57. The molecule has 1 atom stereocenters. The third kappa shape index (κ3) is 3.72. The Bertz CT molecular complexity index is 278. The van der Waals surface area contributed by atoms with Gasteiger partial charge in [0.1, 0.15) is 0 Å². The van der Waals surface area contributed by atoms with Gasteiger partial charge in [-0.05, 0) is 56.8 Å². The lowest BCUT2D eigenvalue weighted by atomic mass is 9.63. The number of hydrogen-bond acceptors (Lipinski definition) is 0. The van der Waals surface area contributed by atoms with Crippen molar-refractivity contribution in [1.29, 1.82) is 0 Å². The maximum absolute atomic E-state index is 3.83. The van der Waals surface area contributed by atoms with Crippen LogP contribution >= 0.6 is 0 Å². The molecule has 0 aromatic rings. The zero-order valence-electron chi connectivity index (χ0n) is 12.3. The van der Waals surface area contributed by atoms with Crippen molar-refractivity contribution in [3.05, 3.63) is 23.8 Å². The highest BCUT2D eigenvalue weighted by molar-refractivity contribution is 5.22. The van der Waals surface area contributed by atoms with Gasteiger partial charge in [-0.25, -0.2) is 0 Å². The van der Waals surface area contributed by atoms with Gasteiger partial charge in [-0.3, -0.25) is 0 Å². The summed E-state index contributed by atoms with van der Waals surface area (Å²) in [5.74, 6) is 0.787. The van der Waals surface area contributed by atoms with E-state index in [4.69, 9.17) is 0 Å². The molecular formula is C17H30. The molecule has 0 amide bonds. The van der Waals surface area contributed by atoms with Crippen LogP contribution in [0.5, 0.6) is 0 Å². The van der Waals surface area contributed by atoms with Crippen LogP contribution < -0.4 is 0 Å². The van der Waals surface area contributed by atoms with Gasteiger partial charge in [0.05, 0.1) is 0 Å². The lowest BCUT2D eigenvalue weighted by molar-refractivity contribution is 0.206. The van der Waals surface area contributed by atoms with Gasteiger partial charge in [0.15, 0.2) is 0 Å². The van der Waals surface area contributed by atoms with Crippen molar-refractivity contribution in [2.45, 2.75) is 72.6 Å². The minimum atomic E-state index is 0.556. The van der Waals surface area contributed by atoms with Crippen LogP contribution in [0.3, 0.4) is 0 Å². The largest absolute Gasteiger partial charge is 0.103 e. The molecule has 0 radical (unpaired) electrons. The second-order valence-corrected chi connectivity index (χ2v) is 6.19. The topological polar surface area (TPSA) is 0 Å². The van der Waals surface area contributed by atoms with E-state index in [1.165, 1.54) is 38.5 Å². The molecule has 0 nitrogen and oxygen atoms in total. The SMILES string of the molecule is C=CCC(C)CCC(C)=C(CC)C1(C)CCC1. The summed E-state index contributed by atoms with van der Waals surface area (Å²) >= 11 is 0. The molecule has 1 unspecified atom stereocenters. The summed E-state index contributed by atoms with van der Waals surface area (Å²) in [7, 11) is 0. The first kappa shape index (κ1) is 14.5. The first-order valence-corrected chi connectivity index (χ1v) is 7.33. The van der Waals surface area contributed by atoms with Gasteiger partial charge in [-0.15, -0.1) is 6.58 Å². The summed E-state index contributed by atoms with van der Waals surface area (Å²) in [5.41, 5.74) is 3.99. The van der Waals surface area contributed by atoms with Crippen molar-refractivity contribution in [3.63, 3.8) is 0 Å². The van der Waals surface area contributed by atoms with Crippen LogP contribution in [0.15, 0.2) is 23.8 Å². The summed E-state index contributed by atoms with van der Waals surface area (Å²) in [6.45, 7) is 13.3. The molecule has 0 aliphatic heterocycles. The Hall–Kier alpha value is -0.520. The predicted molar refractivity (Wildman–Crippen MR) is 78.2 cm³/mol. The zero-order chi connectivity index (χ0) is 12.9. The Morgan fingerprint density at radius 1 is 1.41 bits per heavy atom. The predicted octanol–water partition coefficient (Wildman–Crippen LogP) is 5.90. The Morgan fingerprint density at radius 3 is 2.47 bits per heavy atom. The molecule has 17 heavy (non-hydrogen) atoms. The average Bonchev–Trinajstić information content (AvgIpc) is 2.25. The number of rotatable bonds is 7. The molecule has 1 aliphatic rings. The summed E-state index contributed by atoms with van der Waals surface area (Å²) in [5, 5.41) is 0. The summed E-state index contributed by atoms with van der Waals surface area (Å²) in [6.07, 6.45) is 11.3. The van der Waals surface area contributed by atoms with E-state index in [0.717, 1.165) is 12.3 Å². The van der Waals surface area contributed by atoms with Crippen molar-refractivity contribution in [2.75, 3.05) is 0 Å². The Kier molecular flexibility index (Phi) is 5.49. The van der Waals surface area contributed by atoms with E-state index >= 15 is 0 Å². The van der Waals surface area contributed by atoms with E-state index in [9.17, 15) is 0 Å².